The van der Waals surface area contributed by atoms with Crippen LogP contribution in [0, 0.1) is 0 Å². The standard InChI is InChI=1S/C27H31N7O5/c28-11-12-29-26(38)24-32-23(30-13-18(16-7-3-1-4-8-16)17-9-5-2-6-10-17)20-25(33-24)34(15-31-20)27-22(37)21(36)19(14-35)39-27/h1-10,15,18-19,21-22,27,35-37H,11-14,28H2,(H,29,38)(H,30,32,33)/t19-,21-,22+,27-/m1/s1. The van der Waals surface area contributed by atoms with E-state index < -0.39 is 37.1 Å². The molecule has 0 saturated carbocycles. The number of hydrogen-bond donors (Lipinski definition) is 6. The molecular weight excluding hydrogens is 502 g/mol. The molecule has 1 aliphatic rings. The maximum absolute atomic E-state index is 12.8. The molecule has 7 N–H and O–H groups in total. The van der Waals surface area contributed by atoms with Crippen LogP contribution in [0.2, 0.25) is 0 Å². The SMILES string of the molecule is NCCNC(=O)c1nc(NCC(c2ccccc2)c2ccccc2)c2ncn([C@@H]3O[C@H](CO)[C@@H](O)[C@@H]3O)c2n1. The lowest BCUT2D eigenvalue weighted by Crippen LogP contribution is -2.33. The highest BCUT2D eigenvalue weighted by molar-refractivity contribution is 5.94. The van der Waals surface area contributed by atoms with Crippen LogP contribution >= 0.6 is 0 Å². The molecule has 4 atom stereocenters. The fourth-order valence-electron chi connectivity index (χ4n) is 4.70. The number of carbonyl (C=O) groups is 1. The number of nitrogens with one attached hydrogen (secondary N) is 2. The quantitative estimate of drug-likeness (QED) is 0.167. The lowest BCUT2D eigenvalue weighted by atomic mass is 9.91. The number of aliphatic hydroxyl groups is 3. The summed E-state index contributed by atoms with van der Waals surface area (Å²) in [4.78, 5) is 26.2. The van der Waals surface area contributed by atoms with E-state index in [4.69, 9.17) is 10.5 Å². The van der Waals surface area contributed by atoms with Crippen molar-refractivity contribution in [2.24, 2.45) is 5.73 Å². The molecule has 0 unspecified atom stereocenters. The first-order valence-corrected chi connectivity index (χ1v) is 12.7. The zero-order valence-electron chi connectivity index (χ0n) is 21.1. The van der Waals surface area contributed by atoms with Gasteiger partial charge in [0.2, 0.25) is 5.82 Å². The highest BCUT2D eigenvalue weighted by Gasteiger charge is 2.44. The maximum Gasteiger partial charge on any atom is 0.289 e. The zero-order valence-corrected chi connectivity index (χ0v) is 21.1. The summed E-state index contributed by atoms with van der Waals surface area (Å²) in [6.07, 6.45) is -3.31. The van der Waals surface area contributed by atoms with Gasteiger partial charge in [0.1, 0.15) is 18.3 Å². The Kier molecular flexibility index (Phi) is 8.10. The van der Waals surface area contributed by atoms with E-state index >= 15 is 0 Å². The molecule has 1 amide bonds. The monoisotopic (exact) mass is 533 g/mol. The van der Waals surface area contributed by atoms with Crippen molar-refractivity contribution in [2.45, 2.75) is 30.5 Å². The van der Waals surface area contributed by atoms with Crippen LogP contribution in [0.25, 0.3) is 11.2 Å². The Balaban J connectivity index is 1.53. The van der Waals surface area contributed by atoms with Crippen molar-refractivity contribution in [3.63, 3.8) is 0 Å². The molecule has 1 saturated heterocycles. The van der Waals surface area contributed by atoms with Gasteiger partial charge in [-0.3, -0.25) is 9.36 Å². The second kappa shape index (κ2) is 11.8. The Morgan fingerprint density at radius 2 is 1.69 bits per heavy atom. The molecule has 5 rings (SSSR count). The molecule has 204 valence electrons. The Morgan fingerprint density at radius 1 is 1.03 bits per heavy atom. The normalized spacial score (nSPS) is 20.9. The van der Waals surface area contributed by atoms with Gasteiger partial charge in [0.15, 0.2) is 23.2 Å². The average Bonchev–Trinajstić information content (AvgIpc) is 3.53. The number of fused-ring (bicyclic) bond motifs is 1. The van der Waals surface area contributed by atoms with E-state index in [-0.39, 0.29) is 30.5 Å². The fraction of sp³-hybridized carbons (Fsp3) is 0.333. The van der Waals surface area contributed by atoms with Crippen molar-refractivity contribution in [1.29, 1.82) is 0 Å². The van der Waals surface area contributed by atoms with Crippen molar-refractivity contribution < 1.29 is 24.9 Å². The third-order valence-corrected chi connectivity index (χ3v) is 6.72. The first-order valence-electron chi connectivity index (χ1n) is 12.7. The number of amides is 1. The molecule has 1 fully saturated rings. The van der Waals surface area contributed by atoms with Crippen LogP contribution in [-0.2, 0) is 4.74 Å². The maximum atomic E-state index is 12.8. The van der Waals surface area contributed by atoms with E-state index in [1.807, 2.05) is 36.4 Å². The molecule has 12 heteroatoms. The van der Waals surface area contributed by atoms with Crippen LogP contribution in [-0.4, -0.2) is 85.3 Å². The van der Waals surface area contributed by atoms with Crippen molar-refractivity contribution in [3.05, 3.63) is 83.9 Å². The first kappa shape index (κ1) is 26.7. The van der Waals surface area contributed by atoms with Crippen LogP contribution in [0.4, 0.5) is 5.82 Å². The number of imidazole rings is 1. The van der Waals surface area contributed by atoms with Crippen LogP contribution in [0.1, 0.15) is 33.9 Å². The largest absolute Gasteiger partial charge is 0.394 e. The molecule has 0 aliphatic carbocycles. The van der Waals surface area contributed by atoms with Crippen LogP contribution < -0.4 is 16.4 Å². The van der Waals surface area contributed by atoms with Gasteiger partial charge in [-0.15, -0.1) is 0 Å². The fourth-order valence-corrected chi connectivity index (χ4v) is 4.70. The number of aliphatic hydroxyl groups excluding tert-OH is 3. The average molecular weight is 534 g/mol. The summed E-state index contributed by atoms with van der Waals surface area (Å²) in [5.41, 5.74) is 8.30. The second-order valence-corrected chi connectivity index (χ2v) is 9.25. The summed E-state index contributed by atoms with van der Waals surface area (Å²) in [6.45, 7) is 0.442. The molecule has 12 nitrogen and oxygen atoms in total. The number of carbonyl (C=O) groups excluding carboxylic acids is 1. The summed E-state index contributed by atoms with van der Waals surface area (Å²) < 4.78 is 7.11. The Morgan fingerprint density at radius 3 is 2.28 bits per heavy atom. The van der Waals surface area contributed by atoms with Gasteiger partial charge in [-0.1, -0.05) is 60.7 Å². The van der Waals surface area contributed by atoms with Crippen molar-refractivity contribution in [1.82, 2.24) is 24.8 Å². The predicted octanol–water partition coefficient (Wildman–Crippen LogP) is 0.370. The van der Waals surface area contributed by atoms with Gasteiger partial charge < -0.3 is 36.4 Å². The van der Waals surface area contributed by atoms with E-state index in [0.29, 0.717) is 17.9 Å². The van der Waals surface area contributed by atoms with E-state index in [1.165, 1.54) is 10.9 Å². The van der Waals surface area contributed by atoms with E-state index in [1.54, 1.807) is 0 Å². The minimum absolute atomic E-state index is 0.0329. The molecule has 0 bridgehead atoms. The predicted molar refractivity (Wildman–Crippen MR) is 143 cm³/mol. The third-order valence-electron chi connectivity index (χ3n) is 6.72. The zero-order chi connectivity index (χ0) is 27.4. The third kappa shape index (κ3) is 5.46. The molecule has 4 aromatic rings. The van der Waals surface area contributed by atoms with Gasteiger partial charge >= 0.3 is 0 Å². The van der Waals surface area contributed by atoms with E-state index in [0.717, 1.165) is 11.1 Å². The van der Waals surface area contributed by atoms with Crippen LogP contribution in [0.5, 0.6) is 0 Å². The number of rotatable bonds is 10. The Bertz CT molecular complexity index is 1360. The number of benzene rings is 2. The molecular formula is C27H31N7O5. The van der Waals surface area contributed by atoms with Crippen molar-refractivity contribution in [2.75, 3.05) is 31.6 Å². The summed E-state index contributed by atoms with van der Waals surface area (Å²) in [6, 6.07) is 20.1. The lowest BCUT2D eigenvalue weighted by Gasteiger charge is -2.20. The molecule has 0 spiro atoms. The van der Waals surface area contributed by atoms with Crippen molar-refractivity contribution >= 4 is 22.9 Å². The summed E-state index contributed by atoms with van der Waals surface area (Å²) in [5.74, 6) is -0.361. The summed E-state index contributed by atoms with van der Waals surface area (Å²) >= 11 is 0. The van der Waals surface area contributed by atoms with Gasteiger partial charge in [-0.05, 0) is 11.1 Å². The van der Waals surface area contributed by atoms with Crippen molar-refractivity contribution in [3.8, 4) is 0 Å². The van der Waals surface area contributed by atoms with Gasteiger partial charge in [0, 0.05) is 25.6 Å². The molecule has 0 radical (unpaired) electrons. The second-order valence-electron chi connectivity index (χ2n) is 9.25. The van der Waals surface area contributed by atoms with Gasteiger partial charge in [-0.2, -0.15) is 0 Å². The van der Waals surface area contributed by atoms with E-state index in [9.17, 15) is 20.1 Å². The number of aromatic nitrogens is 4. The number of ether oxygens (including phenoxy) is 1. The van der Waals surface area contributed by atoms with E-state index in [2.05, 4.69) is 49.9 Å². The van der Waals surface area contributed by atoms with Gasteiger partial charge in [0.25, 0.3) is 5.91 Å². The minimum atomic E-state index is -1.35. The van der Waals surface area contributed by atoms with Gasteiger partial charge in [-0.25, -0.2) is 15.0 Å². The molecule has 1 aliphatic heterocycles. The Hall–Kier alpha value is -3.94. The molecule has 39 heavy (non-hydrogen) atoms. The number of nitrogens with zero attached hydrogens (tertiary/aromatic N) is 4. The smallest absolute Gasteiger partial charge is 0.289 e. The topological polar surface area (TPSA) is 181 Å². The first-order chi connectivity index (χ1) is 19.0. The molecule has 2 aromatic heterocycles. The van der Waals surface area contributed by atoms with Crippen LogP contribution in [0.15, 0.2) is 67.0 Å². The Labute approximate surface area is 224 Å². The number of hydrogen-bond acceptors (Lipinski definition) is 10. The molecule has 3 heterocycles. The highest BCUT2D eigenvalue weighted by Crippen LogP contribution is 2.33. The summed E-state index contributed by atoms with van der Waals surface area (Å²) in [5, 5.41) is 36.4. The summed E-state index contributed by atoms with van der Waals surface area (Å²) in [7, 11) is 0. The number of nitrogens with two attached hydrogens (primary N) is 1. The molecule has 2 aromatic carbocycles. The lowest BCUT2D eigenvalue weighted by molar-refractivity contribution is -0.0511. The van der Waals surface area contributed by atoms with Crippen LogP contribution in [0.3, 0.4) is 0 Å². The minimum Gasteiger partial charge on any atom is -0.394 e. The number of anilines is 1. The van der Waals surface area contributed by atoms with Gasteiger partial charge in [0.05, 0.1) is 12.9 Å². The highest BCUT2D eigenvalue weighted by atomic mass is 16.6.